The number of nitrogens with two attached hydrogens (primary N) is 2. The van der Waals surface area contributed by atoms with Crippen LogP contribution in [-0.2, 0) is 0 Å². The molecule has 7 N–H and O–H groups in total. The molecule has 0 aliphatic carbocycles. The van der Waals surface area contributed by atoms with E-state index >= 15 is 0 Å². The summed E-state index contributed by atoms with van der Waals surface area (Å²) in [6.07, 6.45) is -1.96. The van der Waals surface area contributed by atoms with Gasteiger partial charge < -0.3 is 26.8 Å². The van der Waals surface area contributed by atoms with Crippen LogP contribution in [0.5, 0.6) is 11.5 Å². The number of phenols is 2. The van der Waals surface area contributed by atoms with Crippen LogP contribution in [0, 0.1) is 0 Å². The molecule has 1 atom stereocenters. The summed E-state index contributed by atoms with van der Waals surface area (Å²) in [5.74, 6) is -0.557. The van der Waals surface area contributed by atoms with Crippen molar-refractivity contribution >= 4 is 0 Å². The highest BCUT2D eigenvalue weighted by molar-refractivity contribution is 5.41. The fraction of sp³-hybridized carbons (Fsp3) is 0.250. The zero-order valence-corrected chi connectivity index (χ0v) is 6.88. The fourth-order valence-electron chi connectivity index (χ4n) is 0.947. The van der Waals surface area contributed by atoms with Crippen molar-refractivity contribution in [2.24, 2.45) is 11.5 Å². The molecule has 0 spiro atoms. The molecule has 1 aromatic rings. The summed E-state index contributed by atoms with van der Waals surface area (Å²) in [6.45, 7) is 0. The lowest BCUT2D eigenvalue weighted by Crippen LogP contribution is -2.37. The van der Waals surface area contributed by atoms with Crippen molar-refractivity contribution in [2.45, 2.75) is 12.3 Å². The van der Waals surface area contributed by atoms with Gasteiger partial charge in [0, 0.05) is 0 Å². The molecule has 72 valence electrons. The lowest BCUT2D eigenvalue weighted by molar-refractivity contribution is 0.148. The molecule has 0 amide bonds. The normalized spacial score (nSPS) is 13.2. The number of hydrogen-bond donors (Lipinski definition) is 5. The maximum Gasteiger partial charge on any atom is 0.157 e. The van der Waals surface area contributed by atoms with Crippen molar-refractivity contribution in [1.29, 1.82) is 0 Å². The Bertz CT molecular complexity index is 301. The molecule has 13 heavy (non-hydrogen) atoms. The van der Waals surface area contributed by atoms with E-state index in [0.29, 0.717) is 5.56 Å². The molecule has 0 heterocycles. The number of rotatable bonds is 2. The Morgan fingerprint density at radius 1 is 1.08 bits per heavy atom. The molecule has 5 nitrogen and oxygen atoms in total. The first-order valence-electron chi connectivity index (χ1n) is 3.73. The van der Waals surface area contributed by atoms with Gasteiger partial charge in [-0.1, -0.05) is 6.07 Å². The lowest BCUT2D eigenvalue weighted by Gasteiger charge is -2.14. The van der Waals surface area contributed by atoms with E-state index in [1.807, 2.05) is 0 Å². The van der Waals surface area contributed by atoms with Crippen LogP contribution < -0.4 is 11.5 Å². The van der Waals surface area contributed by atoms with Gasteiger partial charge in [-0.15, -0.1) is 0 Å². The number of aliphatic hydroxyl groups excluding tert-OH is 1. The highest BCUT2D eigenvalue weighted by atomic mass is 16.3. The minimum absolute atomic E-state index is 0.249. The van der Waals surface area contributed by atoms with E-state index in [0.717, 1.165) is 0 Å². The molecule has 0 aliphatic heterocycles. The van der Waals surface area contributed by atoms with E-state index in [2.05, 4.69) is 0 Å². The average Bonchev–Trinajstić information content (AvgIpc) is 2.08. The summed E-state index contributed by atoms with van der Waals surface area (Å²) in [5, 5.41) is 27.4. The van der Waals surface area contributed by atoms with Gasteiger partial charge in [0.1, 0.15) is 6.10 Å². The number of hydrogen-bond acceptors (Lipinski definition) is 5. The second kappa shape index (κ2) is 3.61. The van der Waals surface area contributed by atoms with Crippen molar-refractivity contribution in [3.05, 3.63) is 23.8 Å². The van der Waals surface area contributed by atoms with Crippen LogP contribution in [0.25, 0.3) is 0 Å². The van der Waals surface area contributed by atoms with Crippen LogP contribution in [0.2, 0.25) is 0 Å². The molecule has 0 saturated heterocycles. The number of aliphatic hydroxyl groups is 1. The Morgan fingerprint density at radius 2 is 1.69 bits per heavy atom. The molecule has 0 saturated carbocycles. The third-order valence-corrected chi connectivity index (χ3v) is 1.71. The molecule has 0 aliphatic rings. The number of aromatic hydroxyl groups is 2. The van der Waals surface area contributed by atoms with Crippen molar-refractivity contribution in [3.63, 3.8) is 0 Å². The predicted octanol–water partition coefficient (Wildman–Crippen LogP) is -0.625. The Labute approximate surface area is 75.2 Å². The van der Waals surface area contributed by atoms with Crippen molar-refractivity contribution in [1.82, 2.24) is 0 Å². The zero-order valence-electron chi connectivity index (χ0n) is 6.88. The van der Waals surface area contributed by atoms with Crippen LogP contribution in [0.3, 0.4) is 0 Å². The second-order valence-electron chi connectivity index (χ2n) is 2.77. The summed E-state index contributed by atoms with van der Waals surface area (Å²) in [5.41, 5.74) is 10.8. The summed E-state index contributed by atoms with van der Waals surface area (Å²) in [7, 11) is 0. The quantitative estimate of drug-likeness (QED) is 0.310. The summed E-state index contributed by atoms with van der Waals surface area (Å²) >= 11 is 0. The van der Waals surface area contributed by atoms with Crippen LogP contribution >= 0.6 is 0 Å². The highest BCUT2D eigenvalue weighted by Gasteiger charge is 2.14. The standard InChI is InChI=1S/C8H12N2O3/c9-8(10)7(13)4-1-2-5(11)6(12)3-4/h1-3,7-8,11-13H,9-10H2/t7-/m1/s1. The van der Waals surface area contributed by atoms with E-state index in [1.54, 1.807) is 0 Å². The first kappa shape index (κ1) is 9.79. The van der Waals surface area contributed by atoms with E-state index in [1.165, 1.54) is 18.2 Å². The fourth-order valence-corrected chi connectivity index (χ4v) is 0.947. The highest BCUT2D eigenvalue weighted by Crippen LogP contribution is 2.27. The first-order valence-corrected chi connectivity index (χ1v) is 3.73. The van der Waals surface area contributed by atoms with Crippen molar-refractivity contribution in [3.8, 4) is 11.5 Å². The van der Waals surface area contributed by atoms with Crippen LogP contribution in [-0.4, -0.2) is 21.5 Å². The molecule has 1 rings (SSSR count). The Hall–Kier alpha value is -1.30. The molecule has 0 bridgehead atoms. The van der Waals surface area contributed by atoms with Gasteiger partial charge in [0.25, 0.3) is 0 Å². The molecular formula is C8H12N2O3. The third-order valence-electron chi connectivity index (χ3n) is 1.71. The molecule has 5 heteroatoms. The average molecular weight is 184 g/mol. The maximum absolute atomic E-state index is 9.37. The van der Waals surface area contributed by atoms with Gasteiger partial charge in [-0.3, -0.25) is 0 Å². The summed E-state index contributed by atoms with van der Waals surface area (Å²) in [4.78, 5) is 0. The first-order chi connectivity index (χ1) is 6.02. The van der Waals surface area contributed by atoms with Crippen molar-refractivity contribution in [2.75, 3.05) is 0 Å². The Balaban J connectivity index is 2.97. The van der Waals surface area contributed by atoms with Gasteiger partial charge in [-0.05, 0) is 17.7 Å². The lowest BCUT2D eigenvalue weighted by atomic mass is 10.1. The van der Waals surface area contributed by atoms with Gasteiger partial charge in [0.05, 0.1) is 6.17 Å². The second-order valence-corrected chi connectivity index (χ2v) is 2.77. The SMILES string of the molecule is NC(N)[C@H](O)c1ccc(O)c(O)c1. The van der Waals surface area contributed by atoms with Gasteiger partial charge in [0.2, 0.25) is 0 Å². The minimum Gasteiger partial charge on any atom is -0.504 e. The zero-order chi connectivity index (χ0) is 10.0. The largest absolute Gasteiger partial charge is 0.504 e. The maximum atomic E-state index is 9.37. The molecule has 0 fully saturated rings. The molecule has 0 unspecified atom stereocenters. The van der Waals surface area contributed by atoms with E-state index in [4.69, 9.17) is 21.7 Å². The van der Waals surface area contributed by atoms with E-state index in [9.17, 15) is 5.11 Å². The number of benzene rings is 1. The Morgan fingerprint density at radius 3 is 2.15 bits per heavy atom. The summed E-state index contributed by atoms with van der Waals surface area (Å²) < 4.78 is 0. The Kier molecular flexibility index (Phi) is 2.72. The van der Waals surface area contributed by atoms with E-state index in [-0.39, 0.29) is 11.5 Å². The third kappa shape index (κ3) is 2.09. The molecule has 0 aromatic heterocycles. The van der Waals surface area contributed by atoms with Gasteiger partial charge in [-0.2, -0.15) is 0 Å². The predicted molar refractivity (Wildman–Crippen MR) is 46.9 cm³/mol. The smallest absolute Gasteiger partial charge is 0.157 e. The molecular weight excluding hydrogens is 172 g/mol. The minimum atomic E-state index is -1.05. The van der Waals surface area contributed by atoms with Crippen LogP contribution in [0.15, 0.2) is 18.2 Å². The van der Waals surface area contributed by atoms with Crippen LogP contribution in [0.4, 0.5) is 0 Å². The van der Waals surface area contributed by atoms with Crippen LogP contribution in [0.1, 0.15) is 11.7 Å². The van der Waals surface area contributed by atoms with Gasteiger partial charge in [0.15, 0.2) is 11.5 Å². The molecule has 1 aromatic carbocycles. The van der Waals surface area contributed by atoms with E-state index < -0.39 is 12.3 Å². The topological polar surface area (TPSA) is 113 Å². The van der Waals surface area contributed by atoms with Gasteiger partial charge >= 0.3 is 0 Å². The van der Waals surface area contributed by atoms with Crippen molar-refractivity contribution < 1.29 is 15.3 Å². The number of phenolic OH excluding ortho intramolecular Hbond substituents is 2. The monoisotopic (exact) mass is 184 g/mol. The molecule has 0 radical (unpaired) electrons. The summed E-state index contributed by atoms with van der Waals surface area (Å²) in [6, 6.07) is 3.91. The van der Waals surface area contributed by atoms with Gasteiger partial charge in [-0.25, -0.2) is 0 Å².